The summed E-state index contributed by atoms with van der Waals surface area (Å²) in [7, 11) is 0. The molecule has 2 aromatic rings. The number of carbonyl (C=O) groups excluding carboxylic acids is 1. The van der Waals surface area contributed by atoms with Crippen molar-refractivity contribution in [1.29, 1.82) is 0 Å². The minimum absolute atomic E-state index is 0.0294. The molecule has 0 spiro atoms. The number of aryl methyl sites for hydroxylation is 2. The van der Waals surface area contributed by atoms with Gasteiger partial charge >= 0.3 is 0 Å². The molecule has 3 heteroatoms. The van der Waals surface area contributed by atoms with E-state index in [9.17, 15) is 4.79 Å². The van der Waals surface area contributed by atoms with Crippen molar-refractivity contribution in [3.8, 4) is 0 Å². The Balaban J connectivity index is 1.83. The molecule has 0 saturated heterocycles. The van der Waals surface area contributed by atoms with Gasteiger partial charge in [0, 0.05) is 24.5 Å². The number of hydrogen-bond acceptors (Lipinski definition) is 2. The number of carbonyl (C=O) groups is 1. The fourth-order valence-electron chi connectivity index (χ4n) is 1.67. The zero-order valence-electron chi connectivity index (χ0n) is 10.4. The Morgan fingerprint density at radius 2 is 1.78 bits per heavy atom. The van der Waals surface area contributed by atoms with E-state index < -0.39 is 0 Å². The number of amides is 1. The Labute approximate surface area is 107 Å². The van der Waals surface area contributed by atoms with Crippen LogP contribution in [0.1, 0.15) is 17.5 Å². The molecule has 0 atom stereocenters. The first-order valence-electron chi connectivity index (χ1n) is 5.99. The number of aromatic nitrogens is 1. The first kappa shape index (κ1) is 12.3. The van der Waals surface area contributed by atoms with Crippen LogP contribution in [-0.2, 0) is 11.2 Å². The van der Waals surface area contributed by atoms with Crippen molar-refractivity contribution in [2.24, 2.45) is 0 Å². The number of rotatable bonds is 4. The smallest absolute Gasteiger partial charge is 0.224 e. The highest BCUT2D eigenvalue weighted by atomic mass is 16.1. The number of hydrogen-bond donors (Lipinski definition) is 1. The average Bonchev–Trinajstić information content (AvgIpc) is 2.39. The molecule has 0 unspecified atom stereocenters. The second-order valence-electron chi connectivity index (χ2n) is 4.27. The van der Waals surface area contributed by atoms with Crippen molar-refractivity contribution in [2.45, 2.75) is 19.8 Å². The van der Waals surface area contributed by atoms with E-state index in [0.717, 1.165) is 12.1 Å². The lowest BCUT2D eigenvalue weighted by atomic mass is 10.1. The summed E-state index contributed by atoms with van der Waals surface area (Å²) in [6.07, 6.45) is 4.58. The van der Waals surface area contributed by atoms with Crippen molar-refractivity contribution in [3.63, 3.8) is 0 Å². The zero-order valence-corrected chi connectivity index (χ0v) is 10.4. The fourth-order valence-corrected chi connectivity index (χ4v) is 1.67. The second kappa shape index (κ2) is 5.96. The number of benzene rings is 1. The van der Waals surface area contributed by atoms with Crippen LogP contribution in [0.2, 0.25) is 0 Å². The van der Waals surface area contributed by atoms with Crippen LogP contribution in [0.15, 0.2) is 48.8 Å². The summed E-state index contributed by atoms with van der Waals surface area (Å²) in [4.78, 5) is 15.6. The van der Waals surface area contributed by atoms with Crippen molar-refractivity contribution >= 4 is 11.6 Å². The Bertz CT molecular complexity index is 506. The first-order valence-corrected chi connectivity index (χ1v) is 5.99. The Hall–Kier alpha value is -2.16. The number of nitrogens with zero attached hydrogens (tertiary/aromatic N) is 1. The van der Waals surface area contributed by atoms with Crippen LogP contribution < -0.4 is 5.32 Å². The normalized spacial score (nSPS) is 10.1. The van der Waals surface area contributed by atoms with Crippen molar-refractivity contribution < 1.29 is 4.79 Å². The van der Waals surface area contributed by atoms with Crippen molar-refractivity contribution in [1.82, 2.24) is 4.98 Å². The molecule has 0 aliphatic rings. The largest absolute Gasteiger partial charge is 0.326 e. The van der Waals surface area contributed by atoms with Gasteiger partial charge in [0.05, 0.1) is 0 Å². The predicted molar refractivity (Wildman–Crippen MR) is 72.4 cm³/mol. The minimum atomic E-state index is 0.0294. The number of anilines is 1. The molecule has 1 aromatic carbocycles. The van der Waals surface area contributed by atoms with E-state index in [0.29, 0.717) is 6.42 Å². The second-order valence-corrected chi connectivity index (χ2v) is 4.27. The molecule has 1 heterocycles. The summed E-state index contributed by atoms with van der Waals surface area (Å²) in [5.41, 5.74) is 3.21. The highest BCUT2D eigenvalue weighted by molar-refractivity contribution is 5.90. The van der Waals surface area contributed by atoms with Crippen LogP contribution in [0.25, 0.3) is 0 Å². The first-order chi connectivity index (χ1) is 8.74. The van der Waals surface area contributed by atoms with Crippen LogP contribution in [0.3, 0.4) is 0 Å². The quantitative estimate of drug-likeness (QED) is 0.892. The molecule has 18 heavy (non-hydrogen) atoms. The third kappa shape index (κ3) is 3.70. The van der Waals surface area contributed by atoms with Crippen molar-refractivity contribution in [2.75, 3.05) is 5.32 Å². The van der Waals surface area contributed by atoms with Gasteiger partial charge in [0.25, 0.3) is 0 Å². The molecular weight excluding hydrogens is 224 g/mol. The van der Waals surface area contributed by atoms with Crippen LogP contribution >= 0.6 is 0 Å². The Morgan fingerprint density at radius 3 is 2.44 bits per heavy atom. The molecule has 1 amide bonds. The van der Waals surface area contributed by atoms with Gasteiger partial charge in [-0.3, -0.25) is 9.78 Å². The lowest BCUT2D eigenvalue weighted by Crippen LogP contribution is -2.12. The van der Waals surface area contributed by atoms with E-state index in [-0.39, 0.29) is 5.91 Å². The van der Waals surface area contributed by atoms with Crippen molar-refractivity contribution in [3.05, 3.63) is 59.9 Å². The van der Waals surface area contributed by atoms with E-state index >= 15 is 0 Å². The van der Waals surface area contributed by atoms with Crippen LogP contribution in [0.5, 0.6) is 0 Å². The van der Waals surface area contributed by atoms with E-state index in [1.165, 1.54) is 11.1 Å². The van der Waals surface area contributed by atoms with Gasteiger partial charge in [0.15, 0.2) is 0 Å². The molecule has 2 rings (SSSR count). The number of nitrogens with one attached hydrogen (secondary N) is 1. The molecule has 0 fully saturated rings. The van der Waals surface area contributed by atoms with Gasteiger partial charge in [0.1, 0.15) is 0 Å². The highest BCUT2D eigenvalue weighted by Crippen LogP contribution is 2.08. The molecule has 0 bridgehead atoms. The van der Waals surface area contributed by atoms with Crippen LogP contribution in [0.4, 0.5) is 5.69 Å². The van der Waals surface area contributed by atoms with Gasteiger partial charge in [-0.1, -0.05) is 29.8 Å². The molecule has 1 N–H and O–H groups in total. The minimum Gasteiger partial charge on any atom is -0.326 e. The summed E-state index contributed by atoms with van der Waals surface area (Å²) < 4.78 is 0. The molecule has 92 valence electrons. The Kier molecular flexibility index (Phi) is 4.07. The monoisotopic (exact) mass is 240 g/mol. The maximum Gasteiger partial charge on any atom is 0.224 e. The predicted octanol–water partition coefficient (Wildman–Crippen LogP) is 2.96. The van der Waals surface area contributed by atoms with Gasteiger partial charge in [-0.2, -0.15) is 0 Å². The molecule has 0 radical (unpaired) electrons. The fraction of sp³-hybridized carbons (Fsp3) is 0.200. The summed E-state index contributed by atoms with van der Waals surface area (Å²) >= 11 is 0. The summed E-state index contributed by atoms with van der Waals surface area (Å²) in [6, 6.07) is 11.8. The van der Waals surface area contributed by atoms with Gasteiger partial charge in [-0.15, -0.1) is 0 Å². The highest BCUT2D eigenvalue weighted by Gasteiger charge is 2.02. The van der Waals surface area contributed by atoms with E-state index in [1.807, 2.05) is 0 Å². The molecule has 0 aliphatic heterocycles. The zero-order chi connectivity index (χ0) is 12.8. The third-order valence-corrected chi connectivity index (χ3v) is 2.73. The average molecular weight is 240 g/mol. The molecule has 3 nitrogen and oxygen atoms in total. The Morgan fingerprint density at radius 1 is 1.11 bits per heavy atom. The van der Waals surface area contributed by atoms with Gasteiger partial charge in [0.2, 0.25) is 5.91 Å². The maximum atomic E-state index is 11.7. The summed E-state index contributed by atoms with van der Waals surface area (Å²) in [5.74, 6) is 0.0294. The molecule has 0 saturated carbocycles. The molecule has 1 aromatic heterocycles. The lowest BCUT2D eigenvalue weighted by Gasteiger charge is -2.05. The van der Waals surface area contributed by atoms with E-state index in [1.54, 1.807) is 24.5 Å². The molecule has 0 aliphatic carbocycles. The maximum absolute atomic E-state index is 11.7. The number of pyridine rings is 1. The third-order valence-electron chi connectivity index (χ3n) is 2.73. The van der Waals surface area contributed by atoms with Gasteiger partial charge in [-0.25, -0.2) is 0 Å². The van der Waals surface area contributed by atoms with Gasteiger partial charge in [-0.05, 0) is 31.0 Å². The summed E-state index contributed by atoms with van der Waals surface area (Å²) in [6.45, 7) is 2.06. The van der Waals surface area contributed by atoms with Crippen LogP contribution in [0, 0.1) is 6.92 Å². The van der Waals surface area contributed by atoms with E-state index in [2.05, 4.69) is 41.5 Å². The van der Waals surface area contributed by atoms with E-state index in [4.69, 9.17) is 0 Å². The summed E-state index contributed by atoms with van der Waals surface area (Å²) in [5, 5.41) is 2.84. The van der Waals surface area contributed by atoms with Crippen LogP contribution in [-0.4, -0.2) is 10.9 Å². The van der Waals surface area contributed by atoms with Gasteiger partial charge < -0.3 is 5.32 Å². The topological polar surface area (TPSA) is 42.0 Å². The molecular formula is C15H16N2O. The lowest BCUT2D eigenvalue weighted by molar-refractivity contribution is -0.116. The standard InChI is InChI=1S/C15H16N2O/c1-12-2-4-13(5-3-12)6-7-15(18)17-14-8-10-16-11-9-14/h2-5,8-11H,6-7H2,1H3,(H,16,17,18). The SMILES string of the molecule is Cc1ccc(CCC(=O)Nc2ccncc2)cc1.